The van der Waals surface area contributed by atoms with Crippen LogP contribution in [0.5, 0.6) is 0 Å². The molecule has 0 radical (unpaired) electrons. The van der Waals surface area contributed by atoms with Crippen molar-refractivity contribution in [3.8, 4) is 0 Å². The maximum absolute atomic E-state index is 13.3. The first-order valence-corrected chi connectivity index (χ1v) is 11.9. The molecule has 3 aliphatic carbocycles. The fraction of sp³-hybridized carbons (Fsp3) is 0.654. The Kier molecular flexibility index (Phi) is 4.62. The second kappa shape index (κ2) is 6.91. The lowest BCUT2D eigenvalue weighted by molar-refractivity contribution is -0.160. The molecule has 1 aromatic rings. The summed E-state index contributed by atoms with van der Waals surface area (Å²) in [5.41, 5.74) is 5.82. The Morgan fingerprint density at radius 3 is 2.71 bits per heavy atom. The normalized spacial score (nSPS) is 41.1. The molecule has 31 heavy (non-hydrogen) atoms. The first kappa shape index (κ1) is 20.7. The number of amides is 2. The molecular weight excluding hydrogens is 386 g/mol. The number of nitrogens with two attached hydrogens (primary N) is 1. The van der Waals surface area contributed by atoms with Crippen molar-refractivity contribution in [2.45, 2.75) is 77.3 Å². The van der Waals surface area contributed by atoms with Crippen LogP contribution in [0.25, 0.3) is 0 Å². The molecule has 0 bridgehead atoms. The maximum Gasteiger partial charge on any atom is 0.247 e. The molecule has 4 aliphatic rings. The first-order chi connectivity index (χ1) is 14.7. The first-order valence-electron chi connectivity index (χ1n) is 11.9. The number of rotatable bonds is 3. The number of pyridine rings is 1. The molecule has 2 heterocycles. The molecule has 0 aromatic carbocycles. The summed E-state index contributed by atoms with van der Waals surface area (Å²) < 4.78 is 0. The van der Waals surface area contributed by atoms with Crippen LogP contribution in [0.4, 0.5) is 0 Å². The van der Waals surface area contributed by atoms with Gasteiger partial charge in [0.05, 0.1) is 0 Å². The predicted octanol–water partition coefficient (Wildman–Crippen LogP) is 4.18. The SMILES string of the molecule is CC(C(N)=O)(c1cccnc1)N1C(=O)C=C[C@@]2(C)C1CC[C@@H]1[C@H]2CC[C@]2(C)CCC[C@@H]12. The van der Waals surface area contributed by atoms with Crippen molar-refractivity contribution in [3.05, 3.63) is 42.2 Å². The number of carbonyl (C=O) groups is 2. The lowest BCUT2D eigenvalue weighted by atomic mass is 9.48. The van der Waals surface area contributed by atoms with E-state index in [4.69, 9.17) is 5.73 Å². The van der Waals surface area contributed by atoms with E-state index in [1.54, 1.807) is 31.5 Å². The van der Waals surface area contributed by atoms with Crippen molar-refractivity contribution in [2.24, 2.45) is 34.3 Å². The number of carbonyl (C=O) groups excluding carboxylic acids is 2. The summed E-state index contributed by atoms with van der Waals surface area (Å²) in [6.07, 6.45) is 15.8. The Morgan fingerprint density at radius 1 is 1.19 bits per heavy atom. The smallest absolute Gasteiger partial charge is 0.247 e. The van der Waals surface area contributed by atoms with Gasteiger partial charge in [-0.1, -0.05) is 32.4 Å². The van der Waals surface area contributed by atoms with Gasteiger partial charge in [0.25, 0.3) is 0 Å². The van der Waals surface area contributed by atoms with E-state index in [2.05, 4.69) is 24.9 Å². The number of nitrogens with zero attached hydrogens (tertiary/aromatic N) is 2. The number of primary amides is 1. The van der Waals surface area contributed by atoms with Gasteiger partial charge in [0.1, 0.15) is 5.54 Å². The molecule has 2 amide bonds. The van der Waals surface area contributed by atoms with Gasteiger partial charge in [-0.3, -0.25) is 14.6 Å². The zero-order chi connectivity index (χ0) is 22.0. The van der Waals surface area contributed by atoms with E-state index in [1.165, 1.54) is 32.1 Å². The highest BCUT2D eigenvalue weighted by molar-refractivity contribution is 5.96. The molecule has 7 atom stereocenters. The van der Waals surface area contributed by atoms with E-state index >= 15 is 0 Å². The lowest BCUT2D eigenvalue weighted by Crippen LogP contribution is -2.67. The van der Waals surface area contributed by atoms with E-state index in [9.17, 15) is 9.59 Å². The molecule has 2 unspecified atom stereocenters. The van der Waals surface area contributed by atoms with E-state index in [-0.39, 0.29) is 17.4 Å². The molecule has 0 saturated heterocycles. The van der Waals surface area contributed by atoms with Gasteiger partial charge in [-0.05, 0) is 80.8 Å². The van der Waals surface area contributed by atoms with Gasteiger partial charge < -0.3 is 10.6 Å². The molecule has 5 nitrogen and oxygen atoms in total. The van der Waals surface area contributed by atoms with Gasteiger partial charge >= 0.3 is 0 Å². The minimum Gasteiger partial charge on any atom is -0.367 e. The lowest BCUT2D eigenvalue weighted by Gasteiger charge is -2.62. The van der Waals surface area contributed by atoms with Crippen LogP contribution in [0.2, 0.25) is 0 Å². The van der Waals surface area contributed by atoms with Gasteiger partial charge in [-0.25, -0.2) is 0 Å². The Balaban J connectivity index is 1.57. The largest absolute Gasteiger partial charge is 0.367 e. The van der Waals surface area contributed by atoms with Crippen molar-refractivity contribution in [2.75, 3.05) is 0 Å². The Morgan fingerprint density at radius 2 is 2.00 bits per heavy atom. The van der Waals surface area contributed by atoms with Crippen molar-refractivity contribution < 1.29 is 9.59 Å². The van der Waals surface area contributed by atoms with E-state index in [1.807, 2.05) is 11.0 Å². The van der Waals surface area contributed by atoms with Crippen LogP contribution in [0.15, 0.2) is 36.7 Å². The molecular formula is C26H35N3O2. The van der Waals surface area contributed by atoms with E-state index in [0.717, 1.165) is 18.8 Å². The van der Waals surface area contributed by atoms with Gasteiger partial charge in [0.15, 0.2) is 0 Å². The third kappa shape index (κ3) is 2.77. The molecule has 5 heteroatoms. The minimum absolute atomic E-state index is 0.0327. The summed E-state index contributed by atoms with van der Waals surface area (Å²) in [5.74, 6) is 1.43. The van der Waals surface area contributed by atoms with Gasteiger partial charge in [0, 0.05) is 29.4 Å². The predicted molar refractivity (Wildman–Crippen MR) is 120 cm³/mol. The number of hydrogen-bond acceptors (Lipinski definition) is 3. The summed E-state index contributed by atoms with van der Waals surface area (Å²) in [6, 6.07) is 3.63. The standard InChI is InChI=1S/C26H35N3O2/c1-24-12-4-7-19(24)18-8-9-21-25(2,20(18)10-13-24)14-11-22(30)29(21)26(3,23(27)31)17-6-5-15-28-16-17/h5-6,11,14-16,18-21H,4,7-10,12-13H2,1-3H3,(H2,27,31)/t18-,19-,20+,21?,24-,25+,26?/m0/s1. The molecule has 5 rings (SSSR count). The van der Waals surface area contributed by atoms with Crippen molar-refractivity contribution in [1.82, 2.24) is 9.88 Å². The Labute approximate surface area is 185 Å². The zero-order valence-corrected chi connectivity index (χ0v) is 19.0. The second-order valence-electron chi connectivity index (χ2n) is 11.1. The zero-order valence-electron chi connectivity index (χ0n) is 19.0. The summed E-state index contributed by atoms with van der Waals surface area (Å²) in [5, 5.41) is 0. The van der Waals surface area contributed by atoms with E-state index in [0.29, 0.717) is 22.8 Å². The van der Waals surface area contributed by atoms with Crippen molar-refractivity contribution in [1.29, 1.82) is 0 Å². The summed E-state index contributed by atoms with van der Waals surface area (Å²) in [7, 11) is 0. The maximum atomic E-state index is 13.3. The highest BCUT2D eigenvalue weighted by atomic mass is 16.2. The van der Waals surface area contributed by atoms with Crippen LogP contribution < -0.4 is 5.73 Å². The Bertz CT molecular complexity index is 930. The number of hydrogen-bond donors (Lipinski definition) is 1. The van der Waals surface area contributed by atoms with Crippen LogP contribution in [0.3, 0.4) is 0 Å². The third-order valence-electron chi connectivity index (χ3n) is 9.83. The molecule has 3 saturated carbocycles. The topological polar surface area (TPSA) is 76.3 Å². The van der Waals surface area contributed by atoms with Crippen LogP contribution in [-0.4, -0.2) is 27.7 Å². The van der Waals surface area contributed by atoms with Gasteiger partial charge in [-0.2, -0.15) is 0 Å². The van der Waals surface area contributed by atoms with E-state index < -0.39 is 11.4 Å². The third-order valence-corrected chi connectivity index (χ3v) is 9.83. The van der Waals surface area contributed by atoms with Gasteiger partial charge in [-0.15, -0.1) is 0 Å². The van der Waals surface area contributed by atoms with Crippen LogP contribution >= 0.6 is 0 Å². The fourth-order valence-electron chi connectivity index (χ4n) is 8.07. The molecule has 166 valence electrons. The summed E-state index contributed by atoms with van der Waals surface area (Å²) in [4.78, 5) is 32.2. The van der Waals surface area contributed by atoms with Crippen LogP contribution in [0.1, 0.15) is 71.3 Å². The number of fused-ring (bicyclic) bond motifs is 5. The monoisotopic (exact) mass is 421 g/mol. The molecule has 3 fully saturated rings. The molecule has 2 N–H and O–H groups in total. The highest BCUT2D eigenvalue weighted by Crippen LogP contribution is 2.64. The molecule has 0 spiro atoms. The second-order valence-corrected chi connectivity index (χ2v) is 11.1. The van der Waals surface area contributed by atoms with Crippen LogP contribution in [0, 0.1) is 28.6 Å². The Hall–Kier alpha value is -2.17. The minimum atomic E-state index is -1.22. The van der Waals surface area contributed by atoms with Crippen LogP contribution in [-0.2, 0) is 15.1 Å². The summed E-state index contributed by atoms with van der Waals surface area (Å²) in [6.45, 7) is 6.63. The highest BCUT2D eigenvalue weighted by Gasteiger charge is 2.61. The quantitative estimate of drug-likeness (QED) is 0.795. The average Bonchev–Trinajstić information content (AvgIpc) is 3.16. The fourth-order valence-corrected chi connectivity index (χ4v) is 8.07. The molecule has 1 aliphatic heterocycles. The van der Waals surface area contributed by atoms with Crippen molar-refractivity contribution >= 4 is 11.8 Å². The molecule has 1 aromatic heterocycles. The van der Waals surface area contributed by atoms with Crippen molar-refractivity contribution in [3.63, 3.8) is 0 Å². The number of aromatic nitrogens is 1. The average molecular weight is 422 g/mol. The summed E-state index contributed by atoms with van der Waals surface area (Å²) >= 11 is 0. The van der Waals surface area contributed by atoms with Gasteiger partial charge in [0.2, 0.25) is 11.8 Å².